The fraction of sp³-hybridized carbons (Fsp3) is 0.333. The van der Waals surface area contributed by atoms with E-state index in [1.165, 1.54) is 16.4 Å². The lowest BCUT2D eigenvalue weighted by Crippen LogP contribution is -2.50. The zero-order valence-corrected chi connectivity index (χ0v) is 17.6. The lowest BCUT2D eigenvalue weighted by Gasteiger charge is -2.33. The normalized spacial score (nSPS) is 17.0. The number of carbonyl (C=O) groups excluding carboxylic acids is 1. The second-order valence-corrected chi connectivity index (χ2v) is 9.13. The minimum Gasteiger partial charge on any atom is -0.486 e. The maximum atomic E-state index is 13.0. The van der Waals surface area contributed by atoms with Crippen LogP contribution in [0.2, 0.25) is 0 Å². The van der Waals surface area contributed by atoms with Gasteiger partial charge in [-0.25, -0.2) is 8.42 Å². The first-order valence-electron chi connectivity index (χ1n) is 9.88. The van der Waals surface area contributed by atoms with Gasteiger partial charge in [0.2, 0.25) is 15.9 Å². The Morgan fingerprint density at radius 3 is 2.48 bits per heavy atom. The van der Waals surface area contributed by atoms with Crippen molar-refractivity contribution in [3.63, 3.8) is 0 Å². The fourth-order valence-corrected chi connectivity index (χ4v) is 4.98. The molecule has 1 fully saturated rings. The molecule has 31 heavy (non-hydrogen) atoms. The van der Waals surface area contributed by atoms with E-state index in [1.807, 2.05) is 11.0 Å². The summed E-state index contributed by atoms with van der Waals surface area (Å²) in [7, 11) is -3.67. The number of nitrogens with one attached hydrogen (secondary N) is 1. The van der Waals surface area contributed by atoms with Gasteiger partial charge in [0.05, 0.1) is 22.7 Å². The third-order valence-electron chi connectivity index (χ3n) is 5.17. The first kappa shape index (κ1) is 21.1. The lowest BCUT2D eigenvalue weighted by molar-refractivity contribution is -0.117. The summed E-state index contributed by atoms with van der Waals surface area (Å²) in [5.41, 5.74) is 0.862. The Morgan fingerprint density at radius 2 is 1.74 bits per heavy atom. The van der Waals surface area contributed by atoms with E-state index in [0.717, 1.165) is 0 Å². The van der Waals surface area contributed by atoms with Gasteiger partial charge in [-0.2, -0.15) is 9.57 Å². The Kier molecular flexibility index (Phi) is 6.08. The smallest absolute Gasteiger partial charge is 0.243 e. The number of carbonyl (C=O) groups is 1. The van der Waals surface area contributed by atoms with Crippen molar-refractivity contribution in [1.82, 2.24) is 9.21 Å². The van der Waals surface area contributed by atoms with Crippen molar-refractivity contribution in [3.8, 4) is 17.6 Å². The Morgan fingerprint density at radius 1 is 1.03 bits per heavy atom. The number of nitrogens with zero attached hydrogens (tertiary/aromatic N) is 3. The van der Waals surface area contributed by atoms with E-state index in [1.54, 1.807) is 30.3 Å². The highest BCUT2D eigenvalue weighted by Crippen LogP contribution is 2.33. The summed E-state index contributed by atoms with van der Waals surface area (Å²) < 4.78 is 38.4. The quantitative estimate of drug-likeness (QED) is 0.742. The summed E-state index contributed by atoms with van der Waals surface area (Å²) in [6.45, 7) is 2.36. The van der Waals surface area contributed by atoms with Crippen LogP contribution < -0.4 is 14.8 Å². The first-order chi connectivity index (χ1) is 15.0. The van der Waals surface area contributed by atoms with Gasteiger partial charge in [0.25, 0.3) is 0 Å². The van der Waals surface area contributed by atoms with Gasteiger partial charge in [0, 0.05) is 32.2 Å². The van der Waals surface area contributed by atoms with E-state index in [4.69, 9.17) is 14.7 Å². The van der Waals surface area contributed by atoms with Crippen LogP contribution in [-0.2, 0) is 14.8 Å². The number of nitriles is 1. The highest BCUT2D eigenvalue weighted by molar-refractivity contribution is 7.89. The molecule has 0 radical (unpaired) electrons. The summed E-state index contributed by atoms with van der Waals surface area (Å²) in [5, 5.41) is 11.9. The average molecular weight is 442 g/mol. The van der Waals surface area contributed by atoms with Gasteiger partial charge in [0.15, 0.2) is 11.5 Å². The summed E-state index contributed by atoms with van der Waals surface area (Å²) in [4.78, 5) is 14.4. The number of sulfonamides is 1. The van der Waals surface area contributed by atoms with E-state index in [0.29, 0.717) is 49.1 Å². The number of hydrogen-bond donors (Lipinski definition) is 1. The maximum Gasteiger partial charge on any atom is 0.243 e. The monoisotopic (exact) mass is 442 g/mol. The second kappa shape index (κ2) is 8.93. The van der Waals surface area contributed by atoms with Gasteiger partial charge >= 0.3 is 0 Å². The van der Waals surface area contributed by atoms with Gasteiger partial charge in [-0.15, -0.1) is 0 Å². The molecule has 162 valence electrons. The number of rotatable bonds is 5. The highest BCUT2D eigenvalue weighted by Gasteiger charge is 2.30. The van der Waals surface area contributed by atoms with E-state index >= 15 is 0 Å². The predicted molar refractivity (Wildman–Crippen MR) is 112 cm³/mol. The van der Waals surface area contributed by atoms with E-state index in [2.05, 4.69) is 5.32 Å². The molecule has 0 aromatic heterocycles. The van der Waals surface area contributed by atoms with Gasteiger partial charge < -0.3 is 14.8 Å². The van der Waals surface area contributed by atoms with Gasteiger partial charge in [-0.3, -0.25) is 9.69 Å². The van der Waals surface area contributed by atoms with Crippen LogP contribution in [-0.4, -0.2) is 69.5 Å². The van der Waals surface area contributed by atoms with Crippen molar-refractivity contribution in [2.24, 2.45) is 0 Å². The van der Waals surface area contributed by atoms with E-state index in [9.17, 15) is 13.2 Å². The number of anilines is 1. The molecule has 2 heterocycles. The molecular weight excluding hydrogens is 420 g/mol. The fourth-order valence-electron chi connectivity index (χ4n) is 3.54. The third-order valence-corrected chi connectivity index (χ3v) is 7.07. The molecule has 0 bridgehead atoms. The molecule has 9 nitrogen and oxygen atoms in total. The van der Waals surface area contributed by atoms with Gasteiger partial charge in [-0.05, 0) is 24.3 Å². The number of hydrogen-bond acceptors (Lipinski definition) is 7. The minimum absolute atomic E-state index is 0.123. The van der Waals surface area contributed by atoms with E-state index < -0.39 is 10.0 Å². The molecule has 1 amide bonds. The molecule has 2 aromatic rings. The molecule has 0 saturated carbocycles. The van der Waals surface area contributed by atoms with Crippen LogP contribution in [0.5, 0.6) is 11.5 Å². The molecule has 10 heteroatoms. The molecule has 2 aliphatic heterocycles. The standard InChI is InChI=1S/C21H22N4O5S/c22-14-16-3-1-2-4-18(16)23-21(26)15-24-7-9-25(10-8-24)31(27,28)17-5-6-19-20(13-17)30-12-11-29-19/h1-6,13H,7-12,15H2,(H,23,26). The highest BCUT2D eigenvalue weighted by atomic mass is 32.2. The van der Waals surface area contributed by atoms with Crippen LogP contribution >= 0.6 is 0 Å². The van der Waals surface area contributed by atoms with Crippen molar-refractivity contribution < 1.29 is 22.7 Å². The van der Waals surface area contributed by atoms with Crippen molar-refractivity contribution in [2.45, 2.75) is 4.90 Å². The minimum atomic E-state index is -3.67. The van der Waals surface area contributed by atoms with Gasteiger partial charge in [-0.1, -0.05) is 12.1 Å². The zero-order valence-electron chi connectivity index (χ0n) is 16.8. The number of piperazine rings is 1. The zero-order chi connectivity index (χ0) is 21.8. The van der Waals surface area contributed by atoms with Crippen molar-refractivity contribution in [3.05, 3.63) is 48.0 Å². The molecule has 1 saturated heterocycles. The average Bonchev–Trinajstić information content (AvgIpc) is 2.79. The van der Waals surface area contributed by atoms with Crippen LogP contribution in [0.3, 0.4) is 0 Å². The van der Waals surface area contributed by atoms with Crippen LogP contribution in [0.15, 0.2) is 47.4 Å². The number of benzene rings is 2. The van der Waals surface area contributed by atoms with Crippen LogP contribution in [0.1, 0.15) is 5.56 Å². The Bertz CT molecular complexity index is 1120. The van der Waals surface area contributed by atoms with Crippen molar-refractivity contribution in [2.75, 3.05) is 51.3 Å². The molecule has 0 atom stereocenters. The summed E-state index contributed by atoms with van der Waals surface area (Å²) in [6, 6.07) is 13.5. The van der Waals surface area contributed by atoms with Gasteiger partial charge in [0.1, 0.15) is 19.3 Å². The van der Waals surface area contributed by atoms with Crippen molar-refractivity contribution in [1.29, 1.82) is 5.26 Å². The molecule has 4 rings (SSSR count). The van der Waals surface area contributed by atoms with Crippen molar-refractivity contribution >= 4 is 21.6 Å². The Balaban J connectivity index is 1.35. The Labute approximate surface area is 180 Å². The van der Waals surface area contributed by atoms with Crippen LogP contribution in [0, 0.1) is 11.3 Å². The Hall–Kier alpha value is -3.13. The summed E-state index contributed by atoms with van der Waals surface area (Å²) >= 11 is 0. The molecule has 1 N–H and O–H groups in total. The van der Waals surface area contributed by atoms with Crippen LogP contribution in [0.25, 0.3) is 0 Å². The summed E-state index contributed by atoms with van der Waals surface area (Å²) in [5.74, 6) is 0.727. The van der Waals surface area contributed by atoms with E-state index in [-0.39, 0.29) is 30.4 Å². The topological polar surface area (TPSA) is 112 Å². The first-order valence-corrected chi connectivity index (χ1v) is 11.3. The molecule has 2 aliphatic rings. The molecule has 0 unspecified atom stereocenters. The maximum absolute atomic E-state index is 13.0. The molecule has 2 aromatic carbocycles. The molecular formula is C21H22N4O5S. The van der Waals surface area contributed by atoms with Crippen LogP contribution in [0.4, 0.5) is 5.69 Å². The molecule has 0 aliphatic carbocycles. The predicted octanol–water partition coefficient (Wildman–Crippen LogP) is 1.27. The largest absolute Gasteiger partial charge is 0.486 e. The summed E-state index contributed by atoms with van der Waals surface area (Å²) in [6.07, 6.45) is 0. The number of ether oxygens (including phenoxy) is 2. The lowest BCUT2D eigenvalue weighted by atomic mass is 10.2. The SMILES string of the molecule is N#Cc1ccccc1NC(=O)CN1CCN(S(=O)(=O)c2ccc3c(c2)OCCO3)CC1. The number of amides is 1. The second-order valence-electron chi connectivity index (χ2n) is 7.19. The number of para-hydroxylation sites is 1. The number of fused-ring (bicyclic) bond motifs is 1. The molecule has 0 spiro atoms. The third kappa shape index (κ3) is 4.64.